The van der Waals surface area contributed by atoms with Crippen LogP contribution in [0, 0.1) is 0 Å². The summed E-state index contributed by atoms with van der Waals surface area (Å²) in [6.45, 7) is 0. The summed E-state index contributed by atoms with van der Waals surface area (Å²) in [4.78, 5) is 9.24. The maximum atomic E-state index is 4.64. The lowest BCUT2D eigenvalue weighted by Crippen LogP contribution is -2.30. The molecule has 0 saturated carbocycles. The molecule has 0 fully saturated rings. The van der Waals surface area contributed by atoms with E-state index in [1.54, 1.807) is 11.8 Å². The van der Waals surface area contributed by atoms with Gasteiger partial charge in [-0.1, -0.05) is 30.0 Å². The van der Waals surface area contributed by atoms with Crippen LogP contribution in [0.3, 0.4) is 0 Å². The number of rotatable bonds is 2. The summed E-state index contributed by atoms with van der Waals surface area (Å²) in [5.74, 6) is 0.752. The molecule has 7 heteroatoms. The molecule has 4 rings (SSSR count). The van der Waals surface area contributed by atoms with Crippen LogP contribution in [0.15, 0.2) is 63.4 Å². The van der Waals surface area contributed by atoms with Crippen molar-refractivity contribution in [2.24, 2.45) is 10.1 Å². The zero-order valence-corrected chi connectivity index (χ0v) is 13.9. The Labute approximate surface area is 140 Å². The molecule has 0 amide bonds. The quantitative estimate of drug-likeness (QED) is 0.879. The van der Waals surface area contributed by atoms with Gasteiger partial charge in [-0.3, -0.25) is 5.43 Å². The maximum Gasteiger partial charge on any atom is 0.178 e. The Kier molecular flexibility index (Phi) is 3.59. The fraction of sp³-hybridized carbons (Fsp3) is 0.133. The van der Waals surface area contributed by atoms with E-state index in [-0.39, 0.29) is 6.04 Å². The zero-order valence-electron chi connectivity index (χ0n) is 11.5. The molecule has 0 saturated heterocycles. The van der Waals surface area contributed by atoms with Crippen LogP contribution >= 0.6 is 27.7 Å². The molecule has 1 aliphatic heterocycles. The van der Waals surface area contributed by atoms with E-state index in [2.05, 4.69) is 36.4 Å². The minimum absolute atomic E-state index is 0.0331. The van der Waals surface area contributed by atoms with Gasteiger partial charge in [0.2, 0.25) is 0 Å². The van der Waals surface area contributed by atoms with Crippen LogP contribution in [0.2, 0.25) is 0 Å². The van der Waals surface area contributed by atoms with Gasteiger partial charge < -0.3 is 4.40 Å². The molecule has 0 aromatic carbocycles. The van der Waals surface area contributed by atoms with E-state index in [1.807, 2.05) is 53.2 Å². The largest absolute Gasteiger partial charge is 0.306 e. The zero-order chi connectivity index (χ0) is 14.9. The van der Waals surface area contributed by atoms with Crippen LogP contribution in [0.5, 0.6) is 0 Å². The second-order valence-electron chi connectivity index (χ2n) is 4.91. The molecule has 2 aliphatic rings. The Morgan fingerprint density at radius 3 is 3.18 bits per heavy atom. The van der Waals surface area contributed by atoms with Gasteiger partial charge in [0.25, 0.3) is 0 Å². The summed E-state index contributed by atoms with van der Waals surface area (Å²) in [5, 5.41) is 5.17. The Balaban J connectivity index is 1.47. The molecule has 1 unspecified atom stereocenters. The molecule has 0 radical (unpaired) electrons. The van der Waals surface area contributed by atoms with Gasteiger partial charge in [-0.05, 0) is 34.1 Å². The summed E-state index contributed by atoms with van der Waals surface area (Å²) < 4.78 is 3.05. The molecule has 110 valence electrons. The minimum atomic E-state index is 0.0331. The molecule has 1 N–H and O–H groups in total. The molecule has 1 atom stereocenters. The number of allylic oxidation sites excluding steroid dienone is 2. The van der Waals surface area contributed by atoms with E-state index in [9.17, 15) is 0 Å². The third kappa shape index (κ3) is 2.74. The summed E-state index contributed by atoms with van der Waals surface area (Å²) in [6.07, 6.45) is 12.0. The highest BCUT2D eigenvalue weighted by molar-refractivity contribution is 9.10. The first-order valence-electron chi connectivity index (χ1n) is 6.80. The molecule has 22 heavy (non-hydrogen) atoms. The highest BCUT2D eigenvalue weighted by Crippen LogP contribution is 2.19. The molecule has 0 bridgehead atoms. The SMILES string of the molecule is Brc1ccc2nc(CSC3=NC4C=CC=CC4=NN3)cn2c1. The average Bonchev–Trinajstić information content (AvgIpc) is 2.94. The fourth-order valence-corrected chi connectivity index (χ4v) is 3.37. The number of fused-ring (bicyclic) bond motifs is 2. The molecule has 5 nitrogen and oxygen atoms in total. The van der Waals surface area contributed by atoms with Crippen molar-refractivity contribution in [2.75, 3.05) is 0 Å². The van der Waals surface area contributed by atoms with Gasteiger partial charge in [0.05, 0.1) is 11.4 Å². The first kappa shape index (κ1) is 13.8. The average molecular weight is 374 g/mol. The van der Waals surface area contributed by atoms with Crippen LogP contribution in [-0.2, 0) is 5.75 Å². The van der Waals surface area contributed by atoms with Crippen molar-refractivity contribution in [1.82, 2.24) is 14.8 Å². The van der Waals surface area contributed by atoms with Crippen LogP contribution in [0.25, 0.3) is 5.65 Å². The van der Waals surface area contributed by atoms with Gasteiger partial charge in [-0.2, -0.15) is 5.10 Å². The van der Waals surface area contributed by atoms with Crippen molar-refractivity contribution in [2.45, 2.75) is 11.8 Å². The van der Waals surface area contributed by atoms with Crippen molar-refractivity contribution in [1.29, 1.82) is 0 Å². The molecule has 1 aliphatic carbocycles. The van der Waals surface area contributed by atoms with Crippen molar-refractivity contribution in [3.05, 3.63) is 59.0 Å². The lowest BCUT2D eigenvalue weighted by Gasteiger charge is -2.18. The van der Waals surface area contributed by atoms with Crippen molar-refractivity contribution >= 4 is 44.2 Å². The number of hydrogen-bond donors (Lipinski definition) is 1. The van der Waals surface area contributed by atoms with Crippen molar-refractivity contribution in [3.63, 3.8) is 0 Å². The van der Waals surface area contributed by atoms with E-state index >= 15 is 0 Å². The Bertz CT molecular complexity index is 849. The Morgan fingerprint density at radius 2 is 2.23 bits per heavy atom. The second-order valence-corrected chi connectivity index (χ2v) is 6.79. The van der Waals surface area contributed by atoms with Gasteiger partial charge in [0, 0.05) is 22.6 Å². The molecule has 2 aromatic heterocycles. The van der Waals surface area contributed by atoms with E-state index in [0.29, 0.717) is 0 Å². The number of thioether (sulfide) groups is 1. The van der Waals surface area contributed by atoms with Gasteiger partial charge in [-0.25, -0.2) is 9.98 Å². The molecular formula is C15H12BrN5S. The number of hydrogen-bond acceptors (Lipinski definition) is 5. The second kappa shape index (κ2) is 5.73. The lowest BCUT2D eigenvalue weighted by molar-refractivity contribution is 0.931. The monoisotopic (exact) mass is 373 g/mol. The number of pyridine rings is 1. The number of aliphatic imine (C=N–C) groups is 1. The maximum absolute atomic E-state index is 4.64. The standard InChI is InChI=1S/C15H12BrN5S/c16-10-5-6-14-17-11(8-21(14)7-10)9-22-15-18-12-3-1-2-4-13(12)19-20-15/h1-8,12H,9H2,(H,18,20). The lowest BCUT2D eigenvalue weighted by atomic mass is 10.1. The third-order valence-corrected chi connectivity index (χ3v) is 4.71. The van der Waals surface area contributed by atoms with Gasteiger partial charge in [0.1, 0.15) is 11.7 Å². The Hall–Kier alpha value is -1.86. The first-order valence-corrected chi connectivity index (χ1v) is 8.58. The smallest absolute Gasteiger partial charge is 0.178 e. The van der Waals surface area contributed by atoms with Crippen molar-refractivity contribution < 1.29 is 0 Å². The summed E-state index contributed by atoms with van der Waals surface area (Å²) in [7, 11) is 0. The summed E-state index contributed by atoms with van der Waals surface area (Å²) in [5.41, 5.74) is 5.91. The number of nitrogens with zero attached hydrogens (tertiary/aromatic N) is 4. The number of amidine groups is 1. The summed E-state index contributed by atoms with van der Waals surface area (Å²) in [6, 6.07) is 4.01. The van der Waals surface area contributed by atoms with E-state index in [4.69, 9.17) is 0 Å². The third-order valence-electron chi connectivity index (χ3n) is 3.33. The predicted molar refractivity (Wildman–Crippen MR) is 94.3 cm³/mol. The molecular weight excluding hydrogens is 362 g/mol. The van der Waals surface area contributed by atoms with Gasteiger partial charge in [-0.15, -0.1) is 0 Å². The van der Waals surface area contributed by atoms with E-state index < -0.39 is 0 Å². The fourth-order valence-electron chi connectivity index (χ4n) is 2.30. The number of hydrazone groups is 1. The van der Waals surface area contributed by atoms with E-state index in [1.165, 1.54) is 0 Å². The highest BCUT2D eigenvalue weighted by Gasteiger charge is 2.18. The number of aromatic nitrogens is 2. The molecule has 2 aromatic rings. The molecule has 0 spiro atoms. The molecule has 3 heterocycles. The van der Waals surface area contributed by atoms with Crippen LogP contribution in [0.4, 0.5) is 0 Å². The highest BCUT2D eigenvalue weighted by atomic mass is 79.9. The summed E-state index contributed by atoms with van der Waals surface area (Å²) >= 11 is 5.08. The first-order chi connectivity index (χ1) is 10.8. The van der Waals surface area contributed by atoms with E-state index in [0.717, 1.165) is 32.4 Å². The van der Waals surface area contributed by atoms with Crippen LogP contribution < -0.4 is 5.43 Å². The number of imidazole rings is 1. The van der Waals surface area contributed by atoms with Gasteiger partial charge in [0.15, 0.2) is 5.17 Å². The minimum Gasteiger partial charge on any atom is -0.306 e. The Morgan fingerprint density at radius 1 is 1.27 bits per heavy atom. The number of halogens is 1. The predicted octanol–water partition coefficient (Wildman–Crippen LogP) is 3.14. The topological polar surface area (TPSA) is 54.0 Å². The van der Waals surface area contributed by atoms with Crippen LogP contribution in [-0.4, -0.2) is 26.3 Å². The van der Waals surface area contributed by atoms with Crippen molar-refractivity contribution in [3.8, 4) is 0 Å². The normalized spacial score (nSPS) is 19.6. The number of nitrogens with one attached hydrogen (secondary N) is 1. The van der Waals surface area contributed by atoms with Gasteiger partial charge >= 0.3 is 0 Å². The van der Waals surface area contributed by atoms with Crippen LogP contribution in [0.1, 0.15) is 5.69 Å².